The average molecular weight is 371 g/mol. The number of anilines is 1. The Morgan fingerprint density at radius 2 is 1.69 bits per heavy atom. The van der Waals surface area contributed by atoms with Crippen molar-refractivity contribution in [2.75, 3.05) is 5.32 Å². The minimum absolute atomic E-state index is 0.285. The van der Waals surface area contributed by atoms with Gasteiger partial charge >= 0.3 is 23.7 Å². The number of hydrogen-bond donors (Lipinski definition) is 2. The van der Waals surface area contributed by atoms with E-state index in [1.807, 2.05) is 0 Å². The molecule has 0 spiro atoms. The maximum atomic E-state index is 12.5. The average Bonchev–Trinajstić information content (AvgIpc) is 2.55. The number of hydrogen-bond acceptors (Lipinski definition) is 4. The van der Waals surface area contributed by atoms with Gasteiger partial charge in [0, 0.05) is 6.07 Å². The van der Waals surface area contributed by atoms with Crippen molar-refractivity contribution in [3.05, 3.63) is 62.8 Å². The van der Waals surface area contributed by atoms with Crippen molar-refractivity contribution in [3.8, 4) is 0 Å². The van der Waals surface area contributed by atoms with Crippen LogP contribution in [0.15, 0.2) is 46.0 Å². The van der Waals surface area contributed by atoms with Crippen molar-refractivity contribution in [1.82, 2.24) is 9.13 Å². The molecule has 11 heteroatoms. The second kappa shape index (κ2) is 7.25. The summed E-state index contributed by atoms with van der Waals surface area (Å²) in [6.45, 7) is -1.26. The van der Waals surface area contributed by atoms with Crippen LogP contribution in [-0.2, 0) is 22.7 Å². The number of aliphatic carboxylic acids is 1. The van der Waals surface area contributed by atoms with Gasteiger partial charge in [0.05, 0.1) is 6.54 Å². The number of carboxylic acid groups (broad SMARTS) is 1. The minimum Gasteiger partial charge on any atom is -0.480 e. The zero-order chi connectivity index (χ0) is 19.5. The van der Waals surface area contributed by atoms with E-state index in [0.717, 1.165) is 0 Å². The van der Waals surface area contributed by atoms with Crippen LogP contribution < -0.4 is 16.6 Å². The van der Waals surface area contributed by atoms with Crippen LogP contribution in [-0.4, -0.2) is 32.3 Å². The standard InChI is InChI=1S/C15H12F3N3O5/c16-15(17,18)13(25)19-10-6-11(22)21(8-12(23)24)14(26)20(10)7-9-4-2-1-3-5-9/h1-6H,7-8H2,(H,19,25)(H,23,24). The van der Waals surface area contributed by atoms with Crippen molar-refractivity contribution in [1.29, 1.82) is 0 Å². The van der Waals surface area contributed by atoms with E-state index in [1.165, 1.54) is 5.32 Å². The molecule has 0 atom stereocenters. The third kappa shape index (κ3) is 4.37. The lowest BCUT2D eigenvalue weighted by Crippen LogP contribution is -2.43. The molecule has 2 rings (SSSR count). The number of carbonyl (C=O) groups excluding carboxylic acids is 1. The molecule has 0 bridgehead atoms. The van der Waals surface area contributed by atoms with E-state index < -0.39 is 41.7 Å². The van der Waals surface area contributed by atoms with E-state index in [0.29, 0.717) is 20.8 Å². The Kier molecular flexibility index (Phi) is 5.29. The number of nitrogens with one attached hydrogen (secondary N) is 1. The number of amides is 1. The first-order chi connectivity index (χ1) is 12.1. The fourth-order valence-corrected chi connectivity index (χ4v) is 2.11. The molecule has 0 radical (unpaired) electrons. The molecule has 0 saturated heterocycles. The van der Waals surface area contributed by atoms with Crippen LogP contribution in [0.2, 0.25) is 0 Å². The summed E-state index contributed by atoms with van der Waals surface area (Å²) in [6, 6.07) is 8.59. The maximum absolute atomic E-state index is 12.5. The highest BCUT2D eigenvalue weighted by Gasteiger charge is 2.39. The van der Waals surface area contributed by atoms with Crippen LogP contribution in [0.1, 0.15) is 5.56 Å². The van der Waals surface area contributed by atoms with Crippen molar-refractivity contribution >= 4 is 17.7 Å². The number of alkyl halides is 3. The van der Waals surface area contributed by atoms with E-state index in [4.69, 9.17) is 5.11 Å². The molecule has 138 valence electrons. The SMILES string of the molecule is O=C(O)Cn1c(=O)cc(NC(=O)C(F)(F)F)n(Cc2ccccc2)c1=O. The third-order valence-corrected chi connectivity index (χ3v) is 3.25. The van der Waals surface area contributed by atoms with E-state index in [1.54, 1.807) is 30.3 Å². The predicted octanol–water partition coefficient (Wildman–Crippen LogP) is 0.644. The molecule has 26 heavy (non-hydrogen) atoms. The van der Waals surface area contributed by atoms with E-state index in [-0.39, 0.29) is 6.54 Å². The van der Waals surface area contributed by atoms with Gasteiger partial charge in [-0.05, 0) is 5.56 Å². The summed E-state index contributed by atoms with van der Waals surface area (Å²) in [5, 5.41) is 10.3. The molecule has 1 aromatic heterocycles. The monoisotopic (exact) mass is 371 g/mol. The normalized spacial score (nSPS) is 11.2. The van der Waals surface area contributed by atoms with Crippen LogP contribution >= 0.6 is 0 Å². The number of benzene rings is 1. The van der Waals surface area contributed by atoms with Crippen LogP contribution in [0.3, 0.4) is 0 Å². The van der Waals surface area contributed by atoms with Crippen LogP contribution in [0.5, 0.6) is 0 Å². The van der Waals surface area contributed by atoms with Crippen LogP contribution in [0.25, 0.3) is 0 Å². The smallest absolute Gasteiger partial charge is 0.471 e. The van der Waals surface area contributed by atoms with Gasteiger partial charge in [-0.3, -0.25) is 19.0 Å². The molecule has 0 aliphatic rings. The van der Waals surface area contributed by atoms with Gasteiger partial charge < -0.3 is 10.4 Å². The quantitative estimate of drug-likeness (QED) is 0.802. The van der Waals surface area contributed by atoms with Gasteiger partial charge in [0.1, 0.15) is 12.4 Å². The zero-order valence-corrected chi connectivity index (χ0v) is 13.0. The van der Waals surface area contributed by atoms with Crippen LogP contribution in [0, 0.1) is 0 Å². The molecule has 0 aliphatic carbocycles. The van der Waals surface area contributed by atoms with Gasteiger partial charge in [0.2, 0.25) is 0 Å². The van der Waals surface area contributed by atoms with Crippen molar-refractivity contribution < 1.29 is 27.9 Å². The van der Waals surface area contributed by atoms with Gasteiger partial charge in [0.15, 0.2) is 0 Å². The van der Waals surface area contributed by atoms with E-state index >= 15 is 0 Å². The summed E-state index contributed by atoms with van der Waals surface area (Å²) in [6.07, 6.45) is -5.23. The fraction of sp³-hybridized carbons (Fsp3) is 0.200. The van der Waals surface area contributed by atoms with Crippen molar-refractivity contribution in [2.24, 2.45) is 0 Å². The second-order valence-corrected chi connectivity index (χ2v) is 5.15. The molecule has 2 aromatic rings. The Balaban J connectivity index is 2.58. The Morgan fingerprint density at radius 3 is 2.23 bits per heavy atom. The minimum atomic E-state index is -5.23. The molecule has 1 aromatic carbocycles. The maximum Gasteiger partial charge on any atom is 0.471 e. The van der Waals surface area contributed by atoms with Gasteiger partial charge in [-0.2, -0.15) is 13.2 Å². The molecule has 1 heterocycles. The fourth-order valence-electron chi connectivity index (χ4n) is 2.11. The number of halogens is 3. The molecule has 0 saturated carbocycles. The zero-order valence-electron chi connectivity index (χ0n) is 13.0. The lowest BCUT2D eigenvalue weighted by Gasteiger charge is -2.16. The first kappa shape index (κ1) is 19.0. The number of carboxylic acids is 1. The lowest BCUT2D eigenvalue weighted by molar-refractivity contribution is -0.167. The largest absolute Gasteiger partial charge is 0.480 e. The lowest BCUT2D eigenvalue weighted by atomic mass is 10.2. The Labute approximate surface area is 143 Å². The second-order valence-electron chi connectivity index (χ2n) is 5.15. The highest BCUT2D eigenvalue weighted by atomic mass is 19.4. The third-order valence-electron chi connectivity index (χ3n) is 3.25. The van der Waals surface area contributed by atoms with E-state index in [2.05, 4.69) is 0 Å². The molecule has 2 N–H and O–H groups in total. The number of nitrogens with zero attached hydrogens (tertiary/aromatic N) is 2. The Morgan fingerprint density at radius 1 is 1.08 bits per heavy atom. The first-order valence-corrected chi connectivity index (χ1v) is 7.08. The Hall–Kier alpha value is -3.37. The molecule has 8 nitrogen and oxygen atoms in total. The summed E-state index contributed by atoms with van der Waals surface area (Å²) in [5.41, 5.74) is -1.84. The molecule has 0 fully saturated rings. The topological polar surface area (TPSA) is 110 Å². The summed E-state index contributed by atoms with van der Waals surface area (Å²) < 4.78 is 38.5. The van der Waals surface area contributed by atoms with Gasteiger partial charge in [-0.25, -0.2) is 9.36 Å². The molecule has 1 amide bonds. The number of carbonyl (C=O) groups is 2. The summed E-state index contributed by atoms with van der Waals surface area (Å²) in [7, 11) is 0. The van der Waals surface area contributed by atoms with E-state index in [9.17, 15) is 32.3 Å². The predicted molar refractivity (Wildman–Crippen MR) is 82.8 cm³/mol. The molecule has 0 aliphatic heterocycles. The van der Waals surface area contributed by atoms with Crippen LogP contribution in [0.4, 0.5) is 19.0 Å². The molecular formula is C15H12F3N3O5. The summed E-state index contributed by atoms with van der Waals surface area (Å²) in [5.74, 6) is -4.54. The van der Waals surface area contributed by atoms with Crippen molar-refractivity contribution in [3.63, 3.8) is 0 Å². The number of rotatable bonds is 5. The van der Waals surface area contributed by atoms with Gasteiger partial charge in [-0.1, -0.05) is 30.3 Å². The summed E-state index contributed by atoms with van der Waals surface area (Å²) >= 11 is 0. The molecule has 0 unspecified atom stereocenters. The summed E-state index contributed by atoms with van der Waals surface area (Å²) in [4.78, 5) is 46.3. The van der Waals surface area contributed by atoms with Gasteiger partial charge in [0.25, 0.3) is 5.56 Å². The first-order valence-electron chi connectivity index (χ1n) is 7.08. The van der Waals surface area contributed by atoms with Gasteiger partial charge in [-0.15, -0.1) is 0 Å². The van der Waals surface area contributed by atoms with Crippen molar-refractivity contribution in [2.45, 2.75) is 19.3 Å². The molecular weight excluding hydrogens is 359 g/mol. The highest BCUT2D eigenvalue weighted by molar-refractivity contribution is 5.94. The number of aromatic nitrogens is 2. The highest BCUT2D eigenvalue weighted by Crippen LogP contribution is 2.17. The Bertz CT molecular complexity index is 948.